The van der Waals surface area contributed by atoms with Crippen LogP contribution in [0.5, 0.6) is 0 Å². The highest BCUT2D eigenvalue weighted by atomic mass is 16.3. The molecule has 140 valence electrons. The minimum atomic E-state index is -0.453. The van der Waals surface area contributed by atoms with Crippen LogP contribution in [0.2, 0.25) is 0 Å². The van der Waals surface area contributed by atoms with Crippen molar-refractivity contribution in [3.05, 3.63) is 65.7 Å². The van der Waals surface area contributed by atoms with Crippen LogP contribution in [0, 0.1) is 17.2 Å². The number of nitriles is 1. The lowest BCUT2D eigenvalue weighted by atomic mass is 9.87. The fourth-order valence-corrected chi connectivity index (χ4v) is 3.62. The summed E-state index contributed by atoms with van der Waals surface area (Å²) in [5.74, 6) is 0.137. The third-order valence-electron chi connectivity index (χ3n) is 5.35. The van der Waals surface area contributed by atoms with Crippen molar-refractivity contribution in [2.45, 2.75) is 31.9 Å². The summed E-state index contributed by atoms with van der Waals surface area (Å²) in [5.41, 5.74) is 2.12. The van der Waals surface area contributed by atoms with Gasteiger partial charge in [-0.1, -0.05) is 36.4 Å². The smallest absolute Gasteiger partial charge is 0.241 e. The number of aliphatic hydroxyl groups excluding tert-OH is 1. The molecule has 2 aromatic rings. The number of amides is 1. The number of rotatable bonds is 5. The Morgan fingerprint density at radius 1 is 1.19 bits per heavy atom. The Morgan fingerprint density at radius 2 is 1.89 bits per heavy atom. The van der Waals surface area contributed by atoms with Gasteiger partial charge in [0, 0.05) is 5.69 Å². The molecule has 2 atom stereocenters. The standard InChI is InChI=1S/C22H25N3O2/c1-16(22(27)24-20-9-5-6-17(14-20)15-23)25-12-10-19(11-13-25)21(26)18-7-3-2-4-8-18/h2-9,14,16,19,21,26H,10-13H2,1H3,(H,24,27)/t16-,21+/m1/s1. The lowest BCUT2D eigenvalue weighted by Gasteiger charge is -2.37. The number of likely N-dealkylation sites (tertiary alicyclic amines) is 1. The molecule has 0 bridgehead atoms. The van der Waals surface area contributed by atoms with Gasteiger partial charge in [-0.05, 0) is 62.5 Å². The summed E-state index contributed by atoms with van der Waals surface area (Å²) in [6.07, 6.45) is 1.26. The molecular formula is C22H25N3O2. The van der Waals surface area contributed by atoms with E-state index < -0.39 is 6.10 Å². The van der Waals surface area contributed by atoms with E-state index in [4.69, 9.17) is 5.26 Å². The molecule has 0 spiro atoms. The second kappa shape index (κ2) is 8.81. The van der Waals surface area contributed by atoms with Crippen LogP contribution in [0.25, 0.3) is 0 Å². The van der Waals surface area contributed by atoms with Gasteiger partial charge in [0.15, 0.2) is 0 Å². The Morgan fingerprint density at radius 3 is 2.56 bits per heavy atom. The molecule has 5 heteroatoms. The van der Waals surface area contributed by atoms with Gasteiger partial charge >= 0.3 is 0 Å². The fourth-order valence-electron chi connectivity index (χ4n) is 3.62. The van der Waals surface area contributed by atoms with Crippen molar-refractivity contribution < 1.29 is 9.90 Å². The summed E-state index contributed by atoms with van der Waals surface area (Å²) in [6.45, 7) is 3.46. The molecule has 1 heterocycles. The zero-order valence-electron chi connectivity index (χ0n) is 15.5. The van der Waals surface area contributed by atoms with Crippen LogP contribution >= 0.6 is 0 Å². The van der Waals surface area contributed by atoms with Gasteiger partial charge in [0.2, 0.25) is 5.91 Å². The summed E-state index contributed by atoms with van der Waals surface area (Å²) in [5, 5.41) is 22.5. The number of benzene rings is 2. The number of nitrogens with one attached hydrogen (secondary N) is 1. The molecule has 1 aliphatic rings. The maximum absolute atomic E-state index is 12.6. The molecule has 1 saturated heterocycles. The number of piperidine rings is 1. The first-order valence-electron chi connectivity index (χ1n) is 9.36. The van der Waals surface area contributed by atoms with Crippen molar-refractivity contribution in [3.8, 4) is 6.07 Å². The molecule has 0 unspecified atom stereocenters. The molecule has 2 N–H and O–H groups in total. The zero-order valence-corrected chi connectivity index (χ0v) is 15.5. The van der Waals surface area contributed by atoms with Crippen LogP contribution in [-0.2, 0) is 4.79 Å². The van der Waals surface area contributed by atoms with Gasteiger partial charge in [0.05, 0.1) is 23.8 Å². The number of carbonyl (C=O) groups is 1. The molecule has 0 aromatic heterocycles. The van der Waals surface area contributed by atoms with E-state index in [-0.39, 0.29) is 17.9 Å². The maximum Gasteiger partial charge on any atom is 0.241 e. The number of anilines is 1. The Balaban J connectivity index is 1.54. The van der Waals surface area contributed by atoms with E-state index >= 15 is 0 Å². The van der Waals surface area contributed by atoms with Crippen molar-refractivity contribution in [1.29, 1.82) is 5.26 Å². The SMILES string of the molecule is C[C@H](C(=O)Nc1cccc(C#N)c1)N1CCC([C@@H](O)c2ccccc2)CC1. The van der Waals surface area contributed by atoms with E-state index in [2.05, 4.69) is 16.3 Å². The van der Waals surface area contributed by atoms with Crippen molar-refractivity contribution in [2.75, 3.05) is 18.4 Å². The summed E-state index contributed by atoms with van der Waals surface area (Å²) in [7, 11) is 0. The average Bonchev–Trinajstić information content (AvgIpc) is 2.73. The van der Waals surface area contributed by atoms with E-state index in [0.29, 0.717) is 11.3 Å². The summed E-state index contributed by atoms with van der Waals surface area (Å²) in [4.78, 5) is 14.7. The second-order valence-corrected chi connectivity index (χ2v) is 7.09. The highest BCUT2D eigenvalue weighted by Crippen LogP contribution is 2.31. The topological polar surface area (TPSA) is 76.4 Å². The summed E-state index contributed by atoms with van der Waals surface area (Å²) >= 11 is 0. The number of aliphatic hydroxyl groups is 1. The maximum atomic E-state index is 12.6. The molecule has 5 nitrogen and oxygen atoms in total. The molecule has 3 rings (SSSR count). The molecule has 0 aliphatic carbocycles. The third kappa shape index (κ3) is 4.73. The lowest BCUT2D eigenvalue weighted by molar-refractivity contribution is -0.121. The van der Waals surface area contributed by atoms with Gasteiger partial charge in [-0.15, -0.1) is 0 Å². The van der Waals surface area contributed by atoms with Crippen molar-refractivity contribution in [3.63, 3.8) is 0 Å². The Kier molecular flexibility index (Phi) is 6.23. The van der Waals surface area contributed by atoms with Crippen LogP contribution in [0.4, 0.5) is 5.69 Å². The van der Waals surface area contributed by atoms with Gasteiger partial charge < -0.3 is 10.4 Å². The third-order valence-corrected chi connectivity index (χ3v) is 5.35. The number of hydrogen-bond acceptors (Lipinski definition) is 4. The molecule has 1 fully saturated rings. The monoisotopic (exact) mass is 363 g/mol. The largest absolute Gasteiger partial charge is 0.388 e. The fraction of sp³-hybridized carbons (Fsp3) is 0.364. The number of hydrogen-bond donors (Lipinski definition) is 2. The van der Waals surface area contributed by atoms with Gasteiger partial charge in [-0.2, -0.15) is 5.26 Å². The van der Waals surface area contributed by atoms with Crippen LogP contribution in [0.3, 0.4) is 0 Å². The quantitative estimate of drug-likeness (QED) is 0.854. The van der Waals surface area contributed by atoms with Crippen LogP contribution in [0.15, 0.2) is 54.6 Å². The van der Waals surface area contributed by atoms with Crippen LogP contribution < -0.4 is 5.32 Å². The van der Waals surface area contributed by atoms with Gasteiger partial charge in [-0.25, -0.2) is 0 Å². The van der Waals surface area contributed by atoms with E-state index in [9.17, 15) is 9.90 Å². The van der Waals surface area contributed by atoms with E-state index in [1.807, 2.05) is 37.3 Å². The lowest BCUT2D eigenvalue weighted by Crippen LogP contribution is -2.46. The van der Waals surface area contributed by atoms with Gasteiger partial charge in [0.1, 0.15) is 0 Å². The number of carbonyl (C=O) groups excluding carboxylic acids is 1. The van der Waals surface area contributed by atoms with Crippen molar-refractivity contribution in [2.24, 2.45) is 5.92 Å². The van der Waals surface area contributed by atoms with Crippen LogP contribution in [-0.4, -0.2) is 35.0 Å². The summed E-state index contributed by atoms with van der Waals surface area (Å²) < 4.78 is 0. The zero-order chi connectivity index (χ0) is 19.2. The Hall–Kier alpha value is -2.68. The first kappa shape index (κ1) is 19.1. The first-order chi connectivity index (χ1) is 13.1. The Bertz CT molecular complexity index is 808. The molecule has 0 saturated carbocycles. The van der Waals surface area contributed by atoms with Crippen molar-refractivity contribution >= 4 is 11.6 Å². The average molecular weight is 363 g/mol. The van der Waals surface area contributed by atoms with Crippen LogP contribution in [0.1, 0.15) is 37.0 Å². The van der Waals surface area contributed by atoms with Gasteiger partial charge in [-0.3, -0.25) is 9.69 Å². The van der Waals surface area contributed by atoms with Gasteiger partial charge in [0.25, 0.3) is 0 Å². The Labute approximate surface area is 160 Å². The molecule has 27 heavy (non-hydrogen) atoms. The first-order valence-corrected chi connectivity index (χ1v) is 9.36. The molecule has 1 amide bonds. The molecule has 0 radical (unpaired) electrons. The van der Waals surface area contributed by atoms with Crippen molar-refractivity contribution in [1.82, 2.24) is 4.90 Å². The molecular weight excluding hydrogens is 338 g/mol. The minimum absolute atomic E-state index is 0.0767. The summed E-state index contributed by atoms with van der Waals surface area (Å²) in [6, 6.07) is 18.5. The number of nitrogens with zero attached hydrogens (tertiary/aromatic N) is 2. The van der Waals surface area contributed by atoms with E-state index in [1.54, 1.807) is 24.3 Å². The highest BCUT2D eigenvalue weighted by molar-refractivity contribution is 5.94. The second-order valence-electron chi connectivity index (χ2n) is 7.09. The minimum Gasteiger partial charge on any atom is -0.388 e. The van der Waals surface area contributed by atoms with E-state index in [1.165, 1.54) is 0 Å². The normalized spacial score (nSPS) is 17.7. The highest BCUT2D eigenvalue weighted by Gasteiger charge is 2.30. The van der Waals surface area contributed by atoms with E-state index in [0.717, 1.165) is 31.5 Å². The predicted octanol–water partition coefficient (Wildman–Crippen LogP) is 3.33. The molecule has 1 aliphatic heterocycles. The molecule has 2 aromatic carbocycles. The predicted molar refractivity (Wildman–Crippen MR) is 105 cm³/mol.